The second-order valence-electron chi connectivity index (χ2n) is 6.19. The maximum absolute atomic E-state index is 13.7. The lowest BCUT2D eigenvalue weighted by atomic mass is 9.97. The monoisotopic (exact) mass is 299 g/mol. The van der Waals surface area contributed by atoms with Gasteiger partial charge in [0.05, 0.1) is 0 Å². The van der Waals surface area contributed by atoms with Crippen molar-refractivity contribution in [1.29, 1.82) is 0 Å². The van der Waals surface area contributed by atoms with Crippen molar-refractivity contribution in [2.45, 2.75) is 26.7 Å². The number of nitrogens with zero attached hydrogens (tertiary/aromatic N) is 1. The molecule has 0 N–H and O–H groups in total. The van der Waals surface area contributed by atoms with Crippen LogP contribution in [0.5, 0.6) is 0 Å². The molecular formula is C19H22FNO. The maximum atomic E-state index is 13.7. The van der Waals surface area contributed by atoms with Gasteiger partial charge in [-0.25, -0.2) is 4.39 Å². The third-order valence-electron chi connectivity index (χ3n) is 4.44. The van der Waals surface area contributed by atoms with E-state index in [1.807, 2.05) is 26.0 Å². The standard InChI is InChI=1S/C19H22FNO/c1-13-10-19(22-14(13)2)18-12-17(20)5-4-16(18)11-15-6-8-21(3)9-7-15/h4-5,10-12H,6-9H2,1-3H3. The summed E-state index contributed by atoms with van der Waals surface area (Å²) in [5, 5.41) is 0. The molecule has 0 unspecified atom stereocenters. The Kier molecular flexibility index (Phi) is 4.16. The highest BCUT2D eigenvalue weighted by Gasteiger charge is 2.14. The lowest BCUT2D eigenvalue weighted by Gasteiger charge is -2.24. The molecule has 1 aliphatic heterocycles. The highest BCUT2D eigenvalue weighted by molar-refractivity contribution is 5.73. The van der Waals surface area contributed by atoms with E-state index in [0.717, 1.165) is 54.1 Å². The van der Waals surface area contributed by atoms with Gasteiger partial charge in [0.1, 0.15) is 17.3 Å². The molecule has 116 valence electrons. The fraction of sp³-hybridized carbons (Fsp3) is 0.368. The average molecular weight is 299 g/mol. The van der Waals surface area contributed by atoms with Crippen LogP contribution in [0, 0.1) is 19.7 Å². The summed E-state index contributed by atoms with van der Waals surface area (Å²) >= 11 is 0. The SMILES string of the molecule is Cc1cc(-c2cc(F)ccc2C=C2CCN(C)CC2)oc1C. The molecule has 1 aromatic heterocycles. The Morgan fingerprint density at radius 1 is 1.14 bits per heavy atom. The van der Waals surface area contributed by atoms with Gasteiger partial charge < -0.3 is 9.32 Å². The summed E-state index contributed by atoms with van der Waals surface area (Å²) in [6.45, 7) is 6.12. The number of hydrogen-bond acceptors (Lipinski definition) is 2. The highest BCUT2D eigenvalue weighted by Crippen LogP contribution is 2.31. The summed E-state index contributed by atoms with van der Waals surface area (Å²) < 4.78 is 19.5. The van der Waals surface area contributed by atoms with Crippen molar-refractivity contribution < 1.29 is 8.81 Å². The molecule has 3 rings (SSSR count). The molecule has 0 bridgehead atoms. The van der Waals surface area contributed by atoms with E-state index in [1.54, 1.807) is 6.07 Å². The zero-order valence-electron chi connectivity index (χ0n) is 13.4. The summed E-state index contributed by atoms with van der Waals surface area (Å²) in [5.41, 5.74) is 4.39. The quantitative estimate of drug-likeness (QED) is 0.791. The third-order valence-corrected chi connectivity index (χ3v) is 4.44. The Balaban J connectivity index is 1.99. The van der Waals surface area contributed by atoms with Crippen LogP contribution in [0.1, 0.15) is 29.7 Å². The topological polar surface area (TPSA) is 16.4 Å². The maximum Gasteiger partial charge on any atom is 0.135 e. The summed E-state index contributed by atoms with van der Waals surface area (Å²) in [5.74, 6) is 1.40. The first-order valence-corrected chi connectivity index (χ1v) is 7.78. The lowest BCUT2D eigenvalue weighted by Crippen LogP contribution is -2.26. The summed E-state index contributed by atoms with van der Waals surface area (Å²) in [6, 6.07) is 6.93. The van der Waals surface area contributed by atoms with E-state index in [4.69, 9.17) is 4.42 Å². The number of piperidine rings is 1. The normalized spacial score (nSPS) is 16.1. The molecule has 1 saturated heterocycles. The molecule has 0 saturated carbocycles. The average Bonchev–Trinajstić information content (AvgIpc) is 2.83. The molecule has 1 aromatic carbocycles. The van der Waals surface area contributed by atoms with Crippen molar-refractivity contribution in [3.8, 4) is 11.3 Å². The van der Waals surface area contributed by atoms with E-state index in [-0.39, 0.29) is 5.82 Å². The number of benzene rings is 1. The fourth-order valence-corrected chi connectivity index (χ4v) is 2.84. The molecular weight excluding hydrogens is 277 g/mol. The van der Waals surface area contributed by atoms with Gasteiger partial charge in [-0.1, -0.05) is 17.7 Å². The van der Waals surface area contributed by atoms with Crippen LogP contribution in [0.4, 0.5) is 4.39 Å². The van der Waals surface area contributed by atoms with Crippen molar-refractivity contribution in [2.75, 3.05) is 20.1 Å². The molecule has 2 nitrogen and oxygen atoms in total. The largest absolute Gasteiger partial charge is 0.461 e. The van der Waals surface area contributed by atoms with Crippen LogP contribution in [-0.4, -0.2) is 25.0 Å². The van der Waals surface area contributed by atoms with Crippen LogP contribution in [0.15, 0.2) is 34.3 Å². The Morgan fingerprint density at radius 3 is 2.50 bits per heavy atom. The van der Waals surface area contributed by atoms with Gasteiger partial charge in [-0.05, 0) is 63.1 Å². The van der Waals surface area contributed by atoms with Crippen LogP contribution in [0.2, 0.25) is 0 Å². The smallest absolute Gasteiger partial charge is 0.135 e. The van der Waals surface area contributed by atoms with Crippen molar-refractivity contribution >= 4 is 6.08 Å². The van der Waals surface area contributed by atoms with Crippen LogP contribution < -0.4 is 0 Å². The number of furan rings is 1. The van der Waals surface area contributed by atoms with Gasteiger partial charge in [0, 0.05) is 18.7 Å². The van der Waals surface area contributed by atoms with E-state index in [0.29, 0.717) is 0 Å². The van der Waals surface area contributed by atoms with Crippen molar-refractivity contribution in [2.24, 2.45) is 0 Å². The van der Waals surface area contributed by atoms with Crippen molar-refractivity contribution in [1.82, 2.24) is 4.90 Å². The fourth-order valence-electron chi connectivity index (χ4n) is 2.84. The molecule has 0 aliphatic carbocycles. The Hall–Kier alpha value is -1.87. The van der Waals surface area contributed by atoms with Gasteiger partial charge in [0.2, 0.25) is 0 Å². The van der Waals surface area contributed by atoms with Crippen molar-refractivity contribution in [3.63, 3.8) is 0 Å². The summed E-state index contributed by atoms with van der Waals surface area (Å²) in [4.78, 5) is 2.34. The van der Waals surface area contributed by atoms with Crippen LogP contribution in [-0.2, 0) is 0 Å². The van der Waals surface area contributed by atoms with Crippen molar-refractivity contribution in [3.05, 3.63) is 52.5 Å². The number of hydrogen-bond donors (Lipinski definition) is 0. The molecule has 1 fully saturated rings. The van der Waals surface area contributed by atoms with Crippen LogP contribution in [0.25, 0.3) is 17.4 Å². The summed E-state index contributed by atoms with van der Waals surface area (Å²) in [6.07, 6.45) is 4.35. The Morgan fingerprint density at radius 2 is 1.86 bits per heavy atom. The Bertz CT molecular complexity index is 685. The predicted molar refractivity (Wildman–Crippen MR) is 88.3 cm³/mol. The number of likely N-dealkylation sites (tertiary alicyclic amines) is 1. The summed E-state index contributed by atoms with van der Waals surface area (Å²) in [7, 11) is 2.15. The van der Waals surface area contributed by atoms with Gasteiger partial charge in [-0.3, -0.25) is 0 Å². The first-order chi connectivity index (χ1) is 10.5. The second-order valence-corrected chi connectivity index (χ2v) is 6.19. The minimum absolute atomic E-state index is 0.229. The molecule has 3 heteroatoms. The molecule has 0 radical (unpaired) electrons. The first-order valence-electron chi connectivity index (χ1n) is 7.78. The number of aryl methyl sites for hydroxylation is 2. The molecule has 2 heterocycles. The zero-order valence-corrected chi connectivity index (χ0v) is 13.4. The van der Waals surface area contributed by atoms with Gasteiger partial charge in [0.15, 0.2) is 0 Å². The third kappa shape index (κ3) is 3.14. The molecule has 22 heavy (non-hydrogen) atoms. The molecule has 2 aromatic rings. The zero-order chi connectivity index (χ0) is 15.7. The van der Waals surface area contributed by atoms with E-state index >= 15 is 0 Å². The van der Waals surface area contributed by atoms with Crippen LogP contribution >= 0.6 is 0 Å². The Labute approximate surface area is 131 Å². The van der Waals surface area contributed by atoms with Crippen LogP contribution in [0.3, 0.4) is 0 Å². The van der Waals surface area contributed by atoms with Gasteiger partial charge in [-0.15, -0.1) is 0 Å². The molecule has 0 amide bonds. The molecule has 0 spiro atoms. The highest BCUT2D eigenvalue weighted by atomic mass is 19.1. The van der Waals surface area contributed by atoms with E-state index in [1.165, 1.54) is 11.6 Å². The van der Waals surface area contributed by atoms with Gasteiger partial charge in [-0.2, -0.15) is 0 Å². The first kappa shape index (κ1) is 15.0. The number of halogens is 1. The van der Waals surface area contributed by atoms with E-state index in [9.17, 15) is 4.39 Å². The van der Waals surface area contributed by atoms with Gasteiger partial charge >= 0.3 is 0 Å². The molecule has 1 aliphatic rings. The van der Waals surface area contributed by atoms with E-state index < -0.39 is 0 Å². The number of rotatable bonds is 2. The van der Waals surface area contributed by atoms with E-state index in [2.05, 4.69) is 18.0 Å². The second kappa shape index (κ2) is 6.09. The minimum atomic E-state index is -0.229. The minimum Gasteiger partial charge on any atom is -0.461 e. The molecule has 0 atom stereocenters. The predicted octanol–water partition coefficient (Wildman–Crippen LogP) is 4.81. The van der Waals surface area contributed by atoms with Gasteiger partial charge in [0.25, 0.3) is 0 Å². The lowest BCUT2D eigenvalue weighted by molar-refractivity contribution is 0.313.